The summed E-state index contributed by atoms with van der Waals surface area (Å²) in [6.07, 6.45) is 0. The van der Waals surface area contributed by atoms with E-state index in [-0.39, 0.29) is 5.69 Å². The molecular formula is C10H6NO2. The first-order valence-corrected chi connectivity index (χ1v) is 3.83. The first-order valence-electron chi connectivity index (χ1n) is 3.83. The minimum absolute atomic E-state index is 0.0399. The fourth-order valence-electron chi connectivity index (χ4n) is 1.30. The van der Waals surface area contributed by atoms with Crippen LogP contribution in [0.5, 0.6) is 0 Å². The Morgan fingerprint density at radius 3 is 2.77 bits per heavy atom. The van der Waals surface area contributed by atoms with E-state index in [0.29, 0.717) is 5.39 Å². The van der Waals surface area contributed by atoms with Crippen molar-refractivity contribution < 1.29 is 4.92 Å². The molecule has 3 nitrogen and oxygen atoms in total. The number of nitrogens with zero attached hydrogens (tertiary/aromatic N) is 1. The van der Waals surface area contributed by atoms with Crippen molar-refractivity contribution in [2.24, 2.45) is 0 Å². The monoisotopic (exact) mass is 172 g/mol. The Labute approximate surface area is 74.8 Å². The highest BCUT2D eigenvalue weighted by atomic mass is 16.6. The summed E-state index contributed by atoms with van der Waals surface area (Å²) in [5, 5.41) is 12.1. The average molecular weight is 172 g/mol. The van der Waals surface area contributed by atoms with E-state index < -0.39 is 4.92 Å². The fraction of sp³-hybridized carbons (Fsp3) is 0. The second-order valence-electron chi connectivity index (χ2n) is 2.67. The van der Waals surface area contributed by atoms with E-state index in [0.717, 1.165) is 5.39 Å². The summed E-state index contributed by atoms with van der Waals surface area (Å²) in [4.78, 5) is 10.2. The van der Waals surface area contributed by atoms with Crippen LogP contribution in [-0.2, 0) is 0 Å². The molecule has 0 aliphatic carbocycles. The molecule has 0 heterocycles. The van der Waals surface area contributed by atoms with E-state index in [9.17, 15) is 10.1 Å². The van der Waals surface area contributed by atoms with Gasteiger partial charge in [-0.25, -0.2) is 0 Å². The van der Waals surface area contributed by atoms with Gasteiger partial charge in [0.1, 0.15) is 0 Å². The molecule has 13 heavy (non-hydrogen) atoms. The Balaban J connectivity index is 2.83. The molecule has 0 spiro atoms. The van der Waals surface area contributed by atoms with Crippen LogP contribution in [0.4, 0.5) is 5.69 Å². The number of fused-ring (bicyclic) bond motifs is 1. The van der Waals surface area contributed by atoms with Crippen molar-refractivity contribution in [2.75, 3.05) is 0 Å². The summed E-state index contributed by atoms with van der Waals surface area (Å²) in [5.74, 6) is 0. The highest BCUT2D eigenvalue weighted by molar-refractivity contribution is 5.90. The smallest absolute Gasteiger partial charge is 0.258 e. The molecule has 0 saturated heterocycles. The van der Waals surface area contributed by atoms with E-state index in [1.807, 2.05) is 18.2 Å². The largest absolute Gasteiger partial charge is 0.285 e. The lowest BCUT2D eigenvalue weighted by molar-refractivity contribution is -0.383. The number of nitro benzene ring substituents is 1. The zero-order valence-corrected chi connectivity index (χ0v) is 6.73. The minimum atomic E-state index is -0.414. The van der Waals surface area contributed by atoms with Gasteiger partial charge >= 0.3 is 0 Å². The second-order valence-corrected chi connectivity index (χ2v) is 2.67. The summed E-state index contributed by atoms with van der Waals surface area (Å²) >= 11 is 0. The summed E-state index contributed by atoms with van der Waals surface area (Å²) in [6.45, 7) is 0. The van der Waals surface area contributed by atoms with Crippen molar-refractivity contribution >= 4 is 16.5 Å². The van der Waals surface area contributed by atoms with Gasteiger partial charge in [0.25, 0.3) is 5.69 Å². The van der Waals surface area contributed by atoms with Gasteiger partial charge in [-0.2, -0.15) is 0 Å². The van der Waals surface area contributed by atoms with Gasteiger partial charge in [0.05, 0.1) is 16.4 Å². The third-order valence-electron chi connectivity index (χ3n) is 1.88. The van der Waals surface area contributed by atoms with Crippen molar-refractivity contribution in [1.82, 2.24) is 0 Å². The summed E-state index contributed by atoms with van der Waals surface area (Å²) < 4.78 is 0. The van der Waals surface area contributed by atoms with Crippen LogP contribution in [0.3, 0.4) is 0 Å². The van der Waals surface area contributed by atoms with Crippen LogP contribution in [0, 0.1) is 16.2 Å². The van der Waals surface area contributed by atoms with Crippen molar-refractivity contribution in [3.05, 3.63) is 52.6 Å². The molecule has 2 rings (SSSR count). The first-order chi connectivity index (χ1) is 6.29. The second kappa shape index (κ2) is 2.86. The number of nitro groups is 1. The molecule has 0 saturated carbocycles. The number of rotatable bonds is 1. The Morgan fingerprint density at radius 1 is 1.23 bits per heavy atom. The van der Waals surface area contributed by atoms with Crippen LogP contribution in [0.25, 0.3) is 10.8 Å². The Bertz CT molecular complexity index is 460. The molecule has 0 bridgehead atoms. The van der Waals surface area contributed by atoms with Crippen molar-refractivity contribution in [3.63, 3.8) is 0 Å². The molecule has 0 atom stereocenters. The van der Waals surface area contributed by atoms with Crippen LogP contribution in [0.1, 0.15) is 0 Å². The summed E-state index contributed by atoms with van der Waals surface area (Å²) in [6, 6.07) is 13.2. The Kier molecular flexibility index (Phi) is 1.70. The number of hydrogen-bond donors (Lipinski definition) is 0. The molecule has 0 aliphatic heterocycles. The van der Waals surface area contributed by atoms with Crippen LogP contribution >= 0.6 is 0 Å². The van der Waals surface area contributed by atoms with Crippen molar-refractivity contribution in [3.8, 4) is 0 Å². The lowest BCUT2D eigenvalue weighted by Crippen LogP contribution is -1.88. The SMILES string of the molecule is O=[N+]([O-])c1[c]ccc2ccccc12. The Morgan fingerprint density at radius 2 is 2.00 bits per heavy atom. The molecule has 63 valence electrons. The zero-order chi connectivity index (χ0) is 9.26. The van der Waals surface area contributed by atoms with Crippen LogP contribution in [-0.4, -0.2) is 4.92 Å². The van der Waals surface area contributed by atoms with Gasteiger partial charge in [-0.05, 0) is 17.5 Å². The zero-order valence-electron chi connectivity index (χ0n) is 6.73. The van der Waals surface area contributed by atoms with Crippen molar-refractivity contribution in [1.29, 1.82) is 0 Å². The van der Waals surface area contributed by atoms with Crippen molar-refractivity contribution in [2.45, 2.75) is 0 Å². The molecular weight excluding hydrogens is 166 g/mol. The van der Waals surface area contributed by atoms with Gasteiger partial charge in [-0.1, -0.05) is 24.3 Å². The highest BCUT2D eigenvalue weighted by Gasteiger charge is 2.09. The maximum Gasteiger partial charge on any atom is 0.285 e. The molecule has 2 aromatic carbocycles. The maximum absolute atomic E-state index is 10.6. The predicted molar refractivity (Wildman–Crippen MR) is 49.4 cm³/mol. The van der Waals surface area contributed by atoms with Crippen LogP contribution in [0.15, 0.2) is 36.4 Å². The van der Waals surface area contributed by atoms with Gasteiger partial charge in [-0.15, -0.1) is 0 Å². The molecule has 0 aromatic heterocycles. The molecule has 2 aromatic rings. The third kappa shape index (κ3) is 1.24. The molecule has 0 unspecified atom stereocenters. The molecule has 3 heteroatoms. The van der Waals surface area contributed by atoms with Crippen LogP contribution in [0.2, 0.25) is 0 Å². The first kappa shape index (κ1) is 7.73. The van der Waals surface area contributed by atoms with Gasteiger partial charge < -0.3 is 0 Å². The quantitative estimate of drug-likeness (QED) is 0.490. The van der Waals surface area contributed by atoms with Gasteiger partial charge in [0, 0.05) is 0 Å². The van der Waals surface area contributed by atoms with E-state index in [2.05, 4.69) is 6.07 Å². The van der Waals surface area contributed by atoms with E-state index in [1.54, 1.807) is 18.2 Å². The number of non-ortho nitro benzene ring substituents is 1. The van der Waals surface area contributed by atoms with Gasteiger partial charge in [-0.3, -0.25) is 10.1 Å². The normalized spacial score (nSPS) is 10.2. The predicted octanol–water partition coefficient (Wildman–Crippen LogP) is 2.55. The van der Waals surface area contributed by atoms with E-state index >= 15 is 0 Å². The van der Waals surface area contributed by atoms with Gasteiger partial charge in [0.15, 0.2) is 0 Å². The number of hydrogen-bond acceptors (Lipinski definition) is 2. The van der Waals surface area contributed by atoms with E-state index in [1.165, 1.54) is 0 Å². The third-order valence-corrected chi connectivity index (χ3v) is 1.88. The highest BCUT2D eigenvalue weighted by Crippen LogP contribution is 2.23. The standard InChI is InChI=1S/C10H6NO2/c12-11(13)10-7-3-5-8-4-1-2-6-9(8)10/h1-6H. The molecule has 0 fully saturated rings. The summed E-state index contributed by atoms with van der Waals surface area (Å²) in [5.41, 5.74) is 0.0399. The lowest BCUT2D eigenvalue weighted by Gasteiger charge is -1.96. The summed E-state index contributed by atoms with van der Waals surface area (Å²) in [7, 11) is 0. The average Bonchev–Trinajstić information content (AvgIpc) is 2.17. The van der Waals surface area contributed by atoms with E-state index in [4.69, 9.17) is 0 Å². The Hall–Kier alpha value is -1.90. The van der Waals surface area contributed by atoms with Crippen LogP contribution < -0.4 is 0 Å². The molecule has 1 radical (unpaired) electrons. The number of benzene rings is 2. The fourth-order valence-corrected chi connectivity index (χ4v) is 1.30. The molecule has 0 aliphatic rings. The molecule has 0 N–H and O–H groups in total. The maximum atomic E-state index is 10.6. The van der Waals surface area contributed by atoms with Gasteiger partial charge in [0.2, 0.25) is 0 Å². The minimum Gasteiger partial charge on any atom is -0.258 e. The molecule has 0 amide bonds. The topological polar surface area (TPSA) is 43.1 Å². The lowest BCUT2D eigenvalue weighted by atomic mass is 10.1.